The lowest BCUT2D eigenvalue weighted by molar-refractivity contribution is -0.118. The molecule has 24 heavy (non-hydrogen) atoms. The lowest BCUT2D eigenvalue weighted by atomic mass is 10.1. The third-order valence-electron chi connectivity index (χ3n) is 4.00. The van der Waals surface area contributed by atoms with Gasteiger partial charge in [-0.2, -0.15) is 0 Å². The summed E-state index contributed by atoms with van der Waals surface area (Å²) in [5.41, 5.74) is 2.33. The van der Waals surface area contributed by atoms with Crippen molar-refractivity contribution in [2.45, 2.75) is 26.3 Å². The van der Waals surface area contributed by atoms with Gasteiger partial charge in [0, 0.05) is 29.1 Å². The Hall–Kier alpha value is -2.88. The van der Waals surface area contributed by atoms with Crippen molar-refractivity contribution < 1.29 is 4.79 Å². The van der Waals surface area contributed by atoms with Gasteiger partial charge < -0.3 is 9.88 Å². The van der Waals surface area contributed by atoms with Crippen LogP contribution in [0.2, 0.25) is 0 Å². The van der Waals surface area contributed by atoms with Gasteiger partial charge >= 0.3 is 0 Å². The van der Waals surface area contributed by atoms with E-state index in [9.17, 15) is 9.59 Å². The zero-order valence-corrected chi connectivity index (χ0v) is 13.7. The van der Waals surface area contributed by atoms with Crippen molar-refractivity contribution in [2.24, 2.45) is 0 Å². The number of aromatic nitrogens is 1. The quantitative estimate of drug-likeness (QED) is 0.776. The molecule has 0 aliphatic rings. The Kier molecular flexibility index (Phi) is 4.75. The molecule has 1 heterocycles. The predicted octanol–water partition coefficient (Wildman–Crippen LogP) is 3.86. The number of benzene rings is 2. The van der Waals surface area contributed by atoms with Crippen LogP contribution in [0.15, 0.2) is 65.5 Å². The fraction of sp³-hybridized carbons (Fsp3) is 0.200. The highest BCUT2D eigenvalue weighted by atomic mass is 16.2. The molecule has 2 aromatic carbocycles. The summed E-state index contributed by atoms with van der Waals surface area (Å²) in [6.07, 6.45) is 1.27. The van der Waals surface area contributed by atoms with Crippen LogP contribution in [0.25, 0.3) is 10.9 Å². The van der Waals surface area contributed by atoms with Crippen molar-refractivity contribution in [2.75, 3.05) is 4.90 Å². The third-order valence-corrected chi connectivity index (χ3v) is 4.00. The Morgan fingerprint density at radius 1 is 1.04 bits per heavy atom. The normalized spacial score (nSPS) is 10.7. The van der Waals surface area contributed by atoms with Crippen LogP contribution in [0.3, 0.4) is 0 Å². The first-order valence-electron chi connectivity index (χ1n) is 8.15. The Morgan fingerprint density at radius 3 is 2.50 bits per heavy atom. The lowest BCUT2D eigenvalue weighted by Crippen LogP contribution is -2.30. The summed E-state index contributed by atoms with van der Waals surface area (Å²) in [5, 5.41) is 0.960. The summed E-state index contributed by atoms with van der Waals surface area (Å²) in [6, 6.07) is 18.8. The van der Waals surface area contributed by atoms with Crippen LogP contribution in [0.4, 0.5) is 5.69 Å². The summed E-state index contributed by atoms with van der Waals surface area (Å²) in [7, 11) is 0. The average molecular weight is 320 g/mol. The number of para-hydroxylation sites is 2. The van der Waals surface area contributed by atoms with Crippen LogP contribution < -0.4 is 10.5 Å². The molecule has 3 aromatic rings. The molecule has 0 aliphatic heterocycles. The molecule has 0 atom stereocenters. The van der Waals surface area contributed by atoms with Crippen LogP contribution in [-0.4, -0.2) is 10.9 Å². The van der Waals surface area contributed by atoms with Crippen LogP contribution in [-0.2, 0) is 11.3 Å². The first-order valence-corrected chi connectivity index (χ1v) is 8.15. The Morgan fingerprint density at radius 2 is 1.75 bits per heavy atom. The Bertz CT molecular complexity index is 900. The molecule has 0 radical (unpaired) electrons. The molecule has 1 aromatic heterocycles. The molecule has 0 saturated carbocycles. The van der Waals surface area contributed by atoms with E-state index < -0.39 is 0 Å². The number of hydrogen-bond acceptors (Lipinski definition) is 2. The molecule has 0 unspecified atom stereocenters. The van der Waals surface area contributed by atoms with Crippen LogP contribution >= 0.6 is 0 Å². The third kappa shape index (κ3) is 3.38. The number of nitrogens with one attached hydrogen (secondary N) is 1. The molecule has 122 valence electrons. The highest BCUT2D eigenvalue weighted by molar-refractivity contribution is 5.94. The molecule has 1 N–H and O–H groups in total. The molecule has 4 nitrogen and oxygen atoms in total. The number of hydrogen-bond donors (Lipinski definition) is 1. The average Bonchev–Trinajstić information content (AvgIpc) is 2.60. The number of anilines is 1. The van der Waals surface area contributed by atoms with Crippen LogP contribution in [0.1, 0.15) is 25.3 Å². The number of nitrogens with zero attached hydrogens (tertiary/aromatic N) is 1. The molecule has 0 spiro atoms. The van der Waals surface area contributed by atoms with Gasteiger partial charge in [0.25, 0.3) is 0 Å². The molecular formula is C20H20N2O2. The molecule has 3 rings (SSSR count). The topological polar surface area (TPSA) is 53.2 Å². The smallest absolute Gasteiger partial charge is 0.248 e. The molecule has 0 aliphatic carbocycles. The highest BCUT2D eigenvalue weighted by Crippen LogP contribution is 2.22. The fourth-order valence-electron chi connectivity index (χ4n) is 2.86. The summed E-state index contributed by atoms with van der Waals surface area (Å²) in [4.78, 5) is 29.2. The van der Waals surface area contributed by atoms with Gasteiger partial charge in [-0.3, -0.25) is 9.59 Å². The predicted molar refractivity (Wildman–Crippen MR) is 97.1 cm³/mol. The summed E-state index contributed by atoms with van der Waals surface area (Å²) >= 11 is 0. The standard InChI is InChI=1S/C20H20N2O2/c1-2-8-20(24)22(16-9-4-3-5-10-16)14-15-13-19(23)21-18-12-7-6-11-17(15)18/h3-7,9-13H,2,8,14H2,1H3,(H,21,23). The summed E-state index contributed by atoms with van der Waals surface area (Å²) in [5.74, 6) is 0.0630. The molecular weight excluding hydrogens is 300 g/mol. The maximum Gasteiger partial charge on any atom is 0.248 e. The molecule has 1 amide bonds. The number of aromatic amines is 1. The summed E-state index contributed by atoms with van der Waals surface area (Å²) < 4.78 is 0. The minimum Gasteiger partial charge on any atom is -0.322 e. The monoisotopic (exact) mass is 320 g/mol. The number of fused-ring (bicyclic) bond motifs is 1. The van der Waals surface area contributed by atoms with Crippen LogP contribution in [0.5, 0.6) is 0 Å². The van der Waals surface area contributed by atoms with Crippen molar-refractivity contribution in [1.82, 2.24) is 4.98 Å². The van der Waals surface area contributed by atoms with E-state index in [1.54, 1.807) is 11.0 Å². The minimum absolute atomic E-state index is 0.0630. The second-order valence-corrected chi connectivity index (χ2v) is 5.77. The van der Waals surface area contributed by atoms with Gasteiger partial charge in [0.15, 0.2) is 0 Å². The van der Waals surface area contributed by atoms with Gasteiger partial charge in [-0.05, 0) is 30.2 Å². The fourth-order valence-corrected chi connectivity index (χ4v) is 2.86. The van der Waals surface area contributed by atoms with E-state index in [4.69, 9.17) is 0 Å². The number of carbonyl (C=O) groups is 1. The van der Waals surface area contributed by atoms with Crippen molar-refractivity contribution in [3.63, 3.8) is 0 Å². The largest absolute Gasteiger partial charge is 0.322 e. The maximum absolute atomic E-state index is 12.6. The number of carbonyl (C=O) groups excluding carboxylic acids is 1. The van der Waals surface area contributed by atoms with E-state index in [1.165, 1.54) is 0 Å². The molecule has 4 heteroatoms. The SMILES string of the molecule is CCCC(=O)N(Cc1cc(=O)[nH]c2ccccc12)c1ccccc1. The van der Waals surface area contributed by atoms with E-state index in [0.717, 1.165) is 28.6 Å². The zero-order valence-electron chi connectivity index (χ0n) is 13.7. The van der Waals surface area contributed by atoms with E-state index >= 15 is 0 Å². The minimum atomic E-state index is -0.153. The summed E-state index contributed by atoms with van der Waals surface area (Å²) in [6.45, 7) is 2.37. The van der Waals surface area contributed by atoms with Crippen molar-refractivity contribution >= 4 is 22.5 Å². The number of amides is 1. The van der Waals surface area contributed by atoms with Gasteiger partial charge in [-0.25, -0.2) is 0 Å². The van der Waals surface area contributed by atoms with E-state index in [2.05, 4.69) is 4.98 Å². The van der Waals surface area contributed by atoms with Crippen molar-refractivity contribution in [3.05, 3.63) is 76.6 Å². The van der Waals surface area contributed by atoms with Gasteiger partial charge in [0.2, 0.25) is 11.5 Å². The number of H-pyrrole nitrogens is 1. The van der Waals surface area contributed by atoms with Gasteiger partial charge in [0.05, 0.1) is 6.54 Å². The van der Waals surface area contributed by atoms with Crippen molar-refractivity contribution in [3.8, 4) is 0 Å². The molecule has 0 bridgehead atoms. The lowest BCUT2D eigenvalue weighted by Gasteiger charge is -2.23. The van der Waals surface area contributed by atoms with Gasteiger partial charge in [-0.15, -0.1) is 0 Å². The number of pyridine rings is 1. The number of rotatable bonds is 5. The van der Waals surface area contributed by atoms with E-state index in [-0.39, 0.29) is 11.5 Å². The first kappa shape index (κ1) is 16.0. The zero-order chi connectivity index (χ0) is 16.9. The van der Waals surface area contributed by atoms with Crippen LogP contribution in [0, 0.1) is 0 Å². The van der Waals surface area contributed by atoms with Gasteiger partial charge in [0.1, 0.15) is 0 Å². The van der Waals surface area contributed by atoms with Crippen molar-refractivity contribution in [1.29, 1.82) is 0 Å². The van der Waals surface area contributed by atoms with E-state index in [1.807, 2.05) is 61.5 Å². The second-order valence-electron chi connectivity index (χ2n) is 5.77. The first-order chi connectivity index (χ1) is 11.7. The van der Waals surface area contributed by atoms with E-state index in [0.29, 0.717) is 13.0 Å². The Balaban J connectivity index is 2.05. The molecule has 0 saturated heterocycles. The highest BCUT2D eigenvalue weighted by Gasteiger charge is 2.17. The molecule has 0 fully saturated rings. The van der Waals surface area contributed by atoms with Gasteiger partial charge in [-0.1, -0.05) is 43.3 Å². The Labute approximate surface area is 140 Å². The maximum atomic E-state index is 12.6. The second kappa shape index (κ2) is 7.13.